The van der Waals surface area contributed by atoms with Crippen molar-refractivity contribution in [3.05, 3.63) is 0 Å². The Morgan fingerprint density at radius 1 is 1.40 bits per heavy atom. The van der Waals surface area contributed by atoms with Crippen LogP contribution in [-0.2, 0) is 4.74 Å². The summed E-state index contributed by atoms with van der Waals surface area (Å²) in [6, 6.07) is 2.63. The van der Waals surface area contributed by atoms with Gasteiger partial charge in [-0.3, -0.25) is 5.32 Å². The van der Waals surface area contributed by atoms with E-state index in [1.54, 1.807) is 0 Å². The van der Waals surface area contributed by atoms with Gasteiger partial charge in [-0.05, 0) is 27.2 Å². The Bertz CT molecular complexity index is 198. The van der Waals surface area contributed by atoms with Gasteiger partial charge >= 0.3 is 0 Å². The maximum atomic E-state index is 9.07. The third-order valence-corrected chi connectivity index (χ3v) is 2.24. The third-order valence-electron chi connectivity index (χ3n) is 2.24. The largest absolute Gasteiger partial charge is 0.381 e. The van der Waals surface area contributed by atoms with Gasteiger partial charge in [-0.25, -0.2) is 0 Å². The van der Waals surface area contributed by atoms with Crippen LogP contribution in [0.3, 0.4) is 0 Å². The number of nitrogens with zero attached hydrogens (tertiary/aromatic N) is 1. The summed E-state index contributed by atoms with van der Waals surface area (Å²) in [6.45, 7) is 9.63. The highest BCUT2D eigenvalue weighted by atomic mass is 16.5. The zero-order chi connectivity index (χ0) is 11.7. The first-order chi connectivity index (χ1) is 7.04. The van der Waals surface area contributed by atoms with Crippen molar-refractivity contribution >= 4 is 0 Å². The fourth-order valence-corrected chi connectivity index (χ4v) is 1.42. The van der Waals surface area contributed by atoms with Crippen LogP contribution in [-0.4, -0.2) is 24.8 Å². The first-order valence-electron chi connectivity index (χ1n) is 5.80. The summed E-state index contributed by atoms with van der Waals surface area (Å²) in [5, 5.41) is 12.3. The summed E-state index contributed by atoms with van der Waals surface area (Å²) in [5.74, 6) is 0. The minimum atomic E-state index is -0.458. The highest BCUT2D eigenvalue weighted by Crippen LogP contribution is 2.09. The molecular weight excluding hydrogens is 188 g/mol. The maximum absolute atomic E-state index is 9.07. The Kier molecular flexibility index (Phi) is 7.37. The van der Waals surface area contributed by atoms with Crippen LogP contribution in [0.5, 0.6) is 0 Å². The lowest BCUT2D eigenvalue weighted by molar-refractivity contribution is 0.114. The van der Waals surface area contributed by atoms with Crippen LogP contribution in [0.4, 0.5) is 0 Å². The van der Waals surface area contributed by atoms with Crippen molar-refractivity contribution in [2.24, 2.45) is 0 Å². The van der Waals surface area contributed by atoms with E-state index in [-0.39, 0.29) is 0 Å². The monoisotopic (exact) mass is 212 g/mol. The van der Waals surface area contributed by atoms with Gasteiger partial charge in [0, 0.05) is 25.7 Å². The van der Waals surface area contributed by atoms with Crippen molar-refractivity contribution in [3.8, 4) is 6.07 Å². The number of nitrogens with one attached hydrogen (secondary N) is 1. The topological polar surface area (TPSA) is 45.0 Å². The second-order valence-corrected chi connectivity index (χ2v) is 4.46. The average Bonchev–Trinajstić information content (AvgIpc) is 2.16. The molecule has 0 saturated heterocycles. The second-order valence-electron chi connectivity index (χ2n) is 4.46. The zero-order valence-electron chi connectivity index (χ0n) is 10.5. The first-order valence-corrected chi connectivity index (χ1v) is 5.80. The van der Waals surface area contributed by atoms with Gasteiger partial charge in [0.15, 0.2) is 0 Å². The number of unbranched alkanes of at least 4 members (excludes halogenated alkanes) is 1. The Balaban J connectivity index is 3.74. The summed E-state index contributed by atoms with van der Waals surface area (Å²) in [7, 11) is 0. The van der Waals surface area contributed by atoms with Crippen LogP contribution in [0.2, 0.25) is 0 Å². The van der Waals surface area contributed by atoms with Crippen LogP contribution >= 0.6 is 0 Å². The fraction of sp³-hybridized carbons (Fsp3) is 0.917. The van der Waals surface area contributed by atoms with Crippen molar-refractivity contribution in [2.75, 3.05) is 13.2 Å². The van der Waals surface area contributed by atoms with Crippen LogP contribution in [0.15, 0.2) is 0 Å². The molecule has 0 fully saturated rings. The normalized spacial score (nSPS) is 14.9. The van der Waals surface area contributed by atoms with Crippen molar-refractivity contribution in [3.63, 3.8) is 0 Å². The van der Waals surface area contributed by atoms with Gasteiger partial charge in [-0.1, -0.05) is 13.3 Å². The van der Waals surface area contributed by atoms with Gasteiger partial charge in [0.1, 0.15) is 5.54 Å². The van der Waals surface area contributed by atoms with Crippen molar-refractivity contribution in [1.82, 2.24) is 5.32 Å². The summed E-state index contributed by atoms with van der Waals surface area (Å²) in [4.78, 5) is 0. The van der Waals surface area contributed by atoms with Gasteiger partial charge in [0.2, 0.25) is 0 Å². The molecule has 88 valence electrons. The van der Waals surface area contributed by atoms with Crippen molar-refractivity contribution in [2.45, 2.75) is 58.5 Å². The van der Waals surface area contributed by atoms with Gasteiger partial charge in [0.05, 0.1) is 6.07 Å². The van der Waals surface area contributed by atoms with E-state index in [9.17, 15) is 0 Å². The minimum Gasteiger partial charge on any atom is -0.381 e. The van der Waals surface area contributed by atoms with Crippen LogP contribution < -0.4 is 5.32 Å². The van der Waals surface area contributed by atoms with Crippen LogP contribution in [0.25, 0.3) is 0 Å². The number of hydrogen-bond acceptors (Lipinski definition) is 3. The Morgan fingerprint density at radius 3 is 2.53 bits per heavy atom. The molecule has 0 aromatic rings. The molecule has 0 aliphatic carbocycles. The van der Waals surface area contributed by atoms with Gasteiger partial charge in [-0.15, -0.1) is 0 Å². The Morgan fingerprint density at radius 2 is 2.07 bits per heavy atom. The standard InChI is InChI=1S/C12H24N2O/c1-5-6-8-15-9-7-12(4,10-13)14-11(2)3/h11,14H,5-9H2,1-4H3. The molecule has 0 aliphatic rings. The molecule has 0 radical (unpaired) electrons. The number of ether oxygens (including phenoxy) is 1. The third kappa shape index (κ3) is 7.35. The van der Waals surface area contributed by atoms with E-state index in [4.69, 9.17) is 10.00 Å². The summed E-state index contributed by atoms with van der Waals surface area (Å²) in [5.41, 5.74) is -0.458. The van der Waals surface area contributed by atoms with E-state index >= 15 is 0 Å². The smallest absolute Gasteiger partial charge is 0.106 e. The summed E-state index contributed by atoms with van der Waals surface area (Å²) < 4.78 is 5.46. The Labute approximate surface area is 93.8 Å². The van der Waals surface area contributed by atoms with Crippen LogP contribution in [0, 0.1) is 11.3 Å². The quantitative estimate of drug-likeness (QED) is 0.629. The predicted octanol–water partition coefficient (Wildman–Crippen LogP) is 2.47. The van der Waals surface area contributed by atoms with Crippen molar-refractivity contribution in [1.29, 1.82) is 5.26 Å². The maximum Gasteiger partial charge on any atom is 0.106 e. The van der Waals surface area contributed by atoms with E-state index < -0.39 is 5.54 Å². The van der Waals surface area contributed by atoms with E-state index in [1.165, 1.54) is 0 Å². The van der Waals surface area contributed by atoms with E-state index in [1.807, 2.05) is 20.8 Å². The van der Waals surface area contributed by atoms with E-state index in [0.717, 1.165) is 25.9 Å². The lowest BCUT2D eigenvalue weighted by atomic mass is 9.99. The molecule has 1 N–H and O–H groups in total. The highest BCUT2D eigenvalue weighted by Gasteiger charge is 2.23. The lowest BCUT2D eigenvalue weighted by Crippen LogP contribution is -2.45. The second kappa shape index (κ2) is 7.67. The fourth-order valence-electron chi connectivity index (χ4n) is 1.42. The molecule has 1 unspecified atom stereocenters. The minimum absolute atomic E-state index is 0.324. The molecular formula is C12H24N2O. The number of hydrogen-bond donors (Lipinski definition) is 1. The van der Waals surface area contributed by atoms with Crippen molar-refractivity contribution < 1.29 is 4.74 Å². The van der Waals surface area contributed by atoms with Gasteiger partial charge < -0.3 is 4.74 Å². The molecule has 1 atom stereocenters. The lowest BCUT2D eigenvalue weighted by Gasteiger charge is -2.25. The van der Waals surface area contributed by atoms with Gasteiger partial charge in [-0.2, -0.15) is 5.26 Å². The molecule has 15 heavy (non-hydrogen) atoms. The molecule has 0 rings (SSSR count). The van der Waals surface area contributed by atoms with Gasteiger partial charge in [0.25, 0.3) is 0 Å². The van der Waals surface area contributed by atoms with Crippen LogP contribution in [0.1, 0.15) is 47.0 Å². The van der Waals surface area contributed by atoms with E-state index in [2.05, 4.69) is 18.3 Å². The molecule has 3 heteroatoms. The average molecular weight is 212 g/mol. The van der Waals surface area contributed by atoms with E-state index in [0.29, 0.717) is 12.6 Å². The molecule has 3 nitrogen and oxygen atoms in total. The molecule has 0 amide bonds. The number of rotatable bonds is 8. The molecule has 0 spiro atoms. The molecule has 0 heterocycles. The SMILES string of the molecule is CCCCOCCC(C)(C#N)NC(C)C. The first kappa shape index (κ1) is 14.4. The molecule has 0 aromatic carbocycles. The highest BCUT2D eigenvalue weighted by molar-refractivity contribution is 5.04. The molecule has 0 aromatic heterocycles. The summed E-state index contributed by atoms with van der Waals surface area (Å²) >= 11 is 0. The summed E-state index contributed by atoms with van der Waals surface area (Å²) in [6.07, 6.45) is 2.99. The zero-order valence-corrected chi connectivity index (χ0v) is 10.5. The molecule has 0 bridgehead atoms. The molecule has 0 aliphatic heterocycles. The number of nitriles is 1. The predicted molar refractivity (Wildman–Crippen MR) is 62.6 cm³/mol. The molecule has 0 saturated carbocycles. The Hall–Kier alpha value is -0.590.